The van der Waals surface area contributed by atoms with Crippen molar-refractivity contribution in [3.05, 3.63) is 100 Å². The summed E-state index contributed by atoms with van der Waals surface area (Å²) >= 11 is 0. The number of halogens is 1. The van der Waals surface area contributed by atoms with Crippen molar-refractivity contribution in [3.8, 4) is 23.1 Å². The highest BCUT2D eigenvalue weighted by Gasteiger charge is 2.31. The van der Waals surface area contributed by atoms with E-state index >= 15 is 0 Å². The maximum Gasteiger partial charge on any atom is 0.277 e. The van der Waals surface area contributed by atoms with Crippen LogP contribution in [-0.2, 0) is 16.3 Å². The normalized spacial score (nSPS) is 12.2. The van der Waals surface area contributed by atoms with Gasteiger partial charge in [-0.25, -0.2) is 12.8 Å². The summed E-state index contributed by atoms with van der Waals surface area (Å²) in [5.41, 5.74) is 1.08. The first-order valence-electron chi connectivity index (χ1n) is 12.0. The van der Waals surface area contributed by atoms with Crippen molar-refractivity contribution in [2.24, 2.45) is 0 Å². The van der Waals surface area contributed by atoms with Crippen molar-refractivity contribution >= 4 is 9.84 Å². The summed E-state index contributed by atoms with van der Waals surface area (Å²) in [7, 11) is -4.48. The van der Waals surface area contributed by atoms with Gasteiger partial charge < -0.3 is 5.11 Å². The molecule has 2 aromatic carbocycles. The van der Waals surface area contributed by atoms with Crippen LogP contribution in [0.4, 0.5) is 4.39 Å². The maximum absolute atomic E-state index is 13.8. The highest BCUT2D eigenvalue weighted by atomic mass is 32.2. The standard InChI is InChI=1S/C28H25FN4O4S/c1-3-4-8-25-32-27(34)26(28(35)33(25)18(2)21-7-5-6-19(13-21)15-30)38(36,37)24-11-9-20(10-12-24)22-14-23(29)17-31-16-22/h5-7,9-14,16-18,34H,3-4,8H2,1-2H3. The Morgan fingerprint density at radius 1 is 1.11 bits per heavy atom. The lowest BCUT2D eigenvalue weighted by Gasteiger charge is -2.21. The Hall–Kier alpha value is -4.36. The molecule has 0 fully saturated rings. The van der Waals surface area contributed by atoms with Gasteiger partial charge in [-0.15, -0.1) is 0 Å². The van der Waals surface area contributed by atoms with Crippen LogP contribution in [0.2, 0.25) is 0 Å². The molecular weight excluding hydrogens is 507 g/mol. The van der Waals surface area contributed by atoms with E-state index in [1.54, 1.807) is 31.2 Å². The molecule has 38 heavy (non-hydrogen) atoms. The molecule has 0 amide bonds. The molecule has 4 rings (SSSR count). The van der Waals surface area contributed by atoms with Gasteiger partial charge in [0, 0.05) is 18.2 Å². The first kappa shape index (κ1) is 26.7. The summed E-state index contributed by atoms with van der Waals surface area (Å²) in [6.07, 6.45) is 4.31. The van der Waals surface area contributed by atoms with Crippen molar-refractivity contribution in [1.29, 1.82) is 5.26 Å². The Morgan fingerprint density at radius 2 is 1.84 bits per heavy atom. The van der Waals surface area contributed by atoms with E-state index in [0.29, 0.717) is 35.1 Å². The number of hydrogen-bond acceptors (Lipinski definition) is 7. The zero-order valence-electron chi connectivity index (χ0n) is 20.8. The number of unbranched alkanes of at least 4 members (excludes halogenated alkanes) is 1. The van der Waals surface area contributed by atoms with Crippen LogP contribution in [-0.4, -0.2) is 28.1 Å². The van der Waals surface area contributed by atoms with Gasteiger partial charge in [0.1, 0.15) is 11.6 Å². The van der Waals surface area contributed by atoms with Crippen molar-refractivity contribution in [2.45, 2.75) is 48.9 Å². The lowest BCUT2D eigenvalue weighted by molar-refractivity contribution is 0.412. The minimum absolute atomic E-state index is 0.230. The highest BCUT2D eigenvalue weighted by molar-refractivity contribution is 7.91. The predicted octanol–water partition coefficient (Wildman–Crippen LogP) is 4.81. The van der Waals surface area contributed by atoms with Crippen LogP contribution in [0.25, 0.3) is 11.1 Å². The largest absolute Gasteiger partial charge is 0.492 e. The number of sulfone groups is 1. The van der Waals surface area contributed by atoms with E-state index in [-0.39, 0.29) is 10.7 Å². The summed E-state index contributed by atoms with van der Waals surface area (Å²) in [4.78, 5) is 20.6. The molecule has 194 valence electrons. The number of nitrogens with zero attached hydrogens (tertiary/aromatic N) is 4. The zero-order valence-corrected chi connectivity index (χ0v) is 21.6. The molecular formula is C28H25FN4O4S. The Balaban J connectivity index is 1.84. The summed E-state index contributed by atoms with van der Waals surface area (Å²) in [5.74, 6) is -1.15. The van der Waals surface area contributed by atoms with Crippen LogP contribution in [0.1, 0.15) is 49.7 Å². The summed E-state index contributed by atoms with van der Waals surface area (Å²) in [6.45, 7) is 3.68. The minimum atomic E-state index is -4.48. The van der Waals surface area contributed by atoms with Crippen molar-refractivity contribution in [3.63, 3.8) is 0 Å². The van der Waals surface area contributed by atoms with E-state index in [0.717, 1.165) is 12.6 Å². The average Bonchev–Trinajstić information content (AvgIpc) is 2.91. The highest BCUT2D eigenvalue weighted by Crippen LogP contribution is 2.29. The molecule has 0 radical (unpaired) electrons. The third-order valence-corrected chi connectivity index (χ3v) is 8.03. The van der Waals surface area contributed by atoms with Gasteiger partial charge in [-0.05, 0) is 54.8 Å². The van der Waals surface area contributed by atoms with E-state index < -0.39 is 38.0 Å². The Labute approximate surface area is 219 Å². The number of aromatic hydroxyl groups is 1. The Bertz CT molecular complexity index is 1690. The van der Waals surface area contributed by atoms with Gasteiger partial charge in [0.05, 0.1) is 28.8 Å². The number of hydrogen-bond donors (Lipinski definition) is 1. The second-order valence-electron chi connectivity index (χ2n) is 8.79. The van der Waals surface area contributed by atoms with Crippen LogP contribution >= 0.6 is 0 Å². The molecule has 0 spiro atoms. The molecule has 0 bridgehead atoms. The Kier molecular flexibility index (Phi) is 7.69. The van der Waals surface area contributed by atoms with Gasteiger partial charge in [-0.2, -0.15) is 10.2 Å². The molecule has 0 saturated carbocycles. The molecule has 4 aromatic rings. The molecule has 1 N–H and O–H groups in total. The monoisotopic (exact) mass is 532 g/mol. The number of pyridine rings is 1. The van der Waals surface area contributed by atoms with Gasteiger partial charge in [-0.3, -0.25) is 14.3 Å². The third-order valence-electron chi connectivity index (χ3n) is 6.24. The molecule has 0 aliphatic carbocycles. The van der Waals surface area contributed by atoms with Crippen LogP contribution in [0, 0.1) is 17.1 Å². The van der Waals surface area contributed by atoms with Gasteiger partial charge in [0.2, 0.25) is 15.7 Å². The lowest BCUT2D eigenvalue weighted by Crippen LogP contribution is -2.32. The Morgan fingerprint density at radius 3 is 2.50 bits per heavy atom. The fraction of sp³-hybridized carbons (Fsp3) is 0.214. The molecule has 0 aliphatic heterocycles. The van der Waals surface area contributed by atoms with Crippen LogP contribution in [0.5, 0.6) is 5.88 Å². The SMILES string of the molecule is CCCCc1nc(O)c(S(=O)(=O)c2ccc(-c3cncc(F)c3)cc2)c(=O)n1C(C)c1cccc(C#N)c1. The van der Waals surface area contributed by atoms with Crippen molar-refractivity contribution in [2.75, 3.05) is 0 Å². The van der Waals surface area contributed by atoms with Crippen LogP contribution in [0.15, 0.2) is 81.6 Å². The second kappa shape index (κ2) is 10.9. The van der Waals surface area contributed by atoms with Gasteiger partial charge in [0.25, 0.3) is 5.56 Å². The summed E-state index contributed by atoms with van der Waals surface area (Å²) < 4.78 is 42.0. The van der Waals surface area contributed by atoms with Crippen LogP contribution in [0.3, 0.4) is 0 Å². The molecule has 8 nitrogen and oxygen atoms in total. The maximum atomic E-state index is 13.8. The van der Waals surface area contributed by atoms with E-state index in [4.69, 9.17) is 0 Å². The number of rotatable bonds is 8. The molecule has 2 aromatic heterocycles. The second-order valence-corrected chi connectivity index (χ2v) is 10.7. The van der Waals surface area contributed by atoms with Gasteiger partial charge in [-0.1, -0.05) is 37.6 Å². The predicted molar refractivity (Wildman–Crippen MR) is 139 cm³/mol. The number of nitriles is 1. The summed E-state index contributed by atoms with van der Waals surface area (Å²) in [6, 6.07) is 14.8. The first-order valence-corrected chi connectivity index (χ1v) is 13.5. The zero-order chi connectivity index (χ0) is 27.4. The number of aromatic nitrogens is 3. The van der Waals surface area contributed by atoms with Crippen molar-refractivity contribution < 1.29 is 17.9 Å². The third kappa shape index (κ3) is 5.19. The topological polar surface area (TPSA) is 126 Å². The quantitative estimate of drug-likeness (QED) is 0.345. The first-order chi connectivity index (χ1) is 18.2. The molecule has 1 unspecified atom stereocenters. The number of aryl methyl sites for hydroxylation is 1. The molecule has 1 atom stereocenters. The molecule has 0 saturated heterocycles. The van der Waals surface area contributed by atoms with E-state index in [2.05, 4.69) is 16.0 Å². The van der Waals surface area contributed by atoms with Gasteiger partial charge in [0.15, 0.2) is 4.90 Å². The molecule has 2 heterocycles. The number of benzene rings is 2. The average molecular weight is 533 g/mol. The fourth-order valence-electron chi connectivity index (χ4n) is 4.23. The summed E-state index contributed by atoms with van der Waals surface area (Å²) in [5, 5.41) is 20.0. The van der Waals surface area contributed by atoms with E-state index in [9.17, 15) is 28.0 Å². The van der Waals surface area contributed by atoms with Crippen molar-refractivity contribution in [1.82, 2.24) is 14.5 Å². The molecule has 10 heteroatoms. The molecule has 0 aliphatic rings. The smallest absolute Gasteiger partial charge is 0.277 e. The van der Waals surface area contributed by atoms with E-state index in [1.165, 1.54) is 41.1 Å². The van der Waals surface area contributed by atoms with E-state index in [1.807, 2.05) is 6.92 Å². The lowest BCUT2D eigenvalue weighted by atomic mass is 10.0. The fourth-order valence-corrected chi connectivity index (χ4v) is 5.57. The van der Waals surface area contributed by atoms with Gasteiger partial charge >= 0.3 is 0 Å². The van der Waals surface area contributed by atoms with Crippen LogP contribution < -0.4 is 5.56 Å². The minimum Gasteiger partial charge on any atom is -0.492 e.